The average molecular weight is 252 g/mol. The van der Waals surface area contributed by atoms with E-state index in [1.165, 1.54) is 5.69 Å². The van der Waals surface area contributed by atoms with Crippen molar-refractivity contribution in [1.29, 1.82) is 0 Å². The number of aromatic nitrogens is 2. The number of morpholine rings is 1. The van der Waals surface area contributed by atoms with Gasteiger partial charge in [-0.2, -0.15) is 5.10 Å². The second kappa shape index (κ2) is 6.87. The smallest absolute Gasteiger partial charge is 0.0594 e. The summed E-state index contributed by atoms with van der Waals surface area (Å²) in [5, 5.41) is 7.75. The Balaban J connectivity index is 1.62. The van der Waals surface area contributed by atoms with E-state index in [1.54, 1.807) is 0 Å². The molecule has 0 spiro atoms. The molecule has 0 aromatic carbocycles. The minimum atomic E-state index is 0.524. The Bertz CT molecular complexity index is 347. The molecule has 18 heavy (non-hydrogen) atoms. The number of ether oxygens (including phenoxy) is 1. The minimum absolute atomic E-state index is 0.524. The van der Waals surface area contributed by atoms with Crippen LogP contribution in [0.25, 0.3) is 0 Å². The summed E-state index contributed by atoms with van der Waals surface area (Å²) < 4.78 is 7.29. The van der Waals surface area contributed by atoms with Crippen LogP contribution in [0.5, 0.6) is 0 Å². The number of rotatable bonds is 6. The monoisotopic (exact) mass is 252 g/mol. The third kappa shape index (κ3) is 4.08. The van der Waals surface area contributed by atoms with Gasteiger partial charge in [0.25, 0.3) is 0 Å². The van der Waals surface area contributed by atoms with E-state index in [1.807, 2.05) is 17.9 Å². The highest BCUT2D eigenvalue weighted by Gasteiger charge is 2.13. The average Bonchev–Trinajstić information content (AvgIpc) is 2.76. The fourth-order valence-electron chi connectivity index (χ4n) is 2.33. The summed E-state index contributed by atoms with van der Waals surface area (Å²) in [7, 11) is 1.99. The summed E-state index contributed by atoms with van der Waals surface area (Å²) in [6.07, 6.45) is 2.89. The maximum absolute atomic E-state index is 5.35. The van der Waals surface area contributed by atoms with E-state index < -0.39 is 0 Å². The minimum Gasteiger partial charge on any atom is -0.379 e. The van der Waals surface area contributed by atoms with Crippen molar-refractivity contribution in [3.8, 4) is 0 Å². The molecule has 2 heterocycles. The molecular weight excluding hydrogens is 228 g/mol. The van der Waals surface area contributed by atoms with Gasteiger partial charge in [0.15, 0.2) is 0 Å². The van der Waals surface area contributed by atoms with E-state index >= 15 is 0 Å². The Morgan fingerprint density at radius 3 is 2.89 bits per heavy atom. The van der Waals surface area contributed by atoms with Gasteiger partial charge >= 0.3 is 0 Å². The molecule has 0 saturated carbocycles. The van der Waals surface area contributed by atoms with Gasteiger partial charge in [-0.15, -0.1) is 0 Å². The number of hydrogen-bond acceptors (Lipinski definition) is 4. The molecule has 0 amide bonds. The number of hydrogen-bond donors (Lipinski definition) is 1. The molecule has 1 aliphatic heterocycles. The fraction of sp³-hybridized carbons (Fsp3) is 0.769. The van der Waals surface area contributed by atoms with E-state index in [0.717, 1.165) is 45.8 Å². The first-order valence-electron chi connectivity index (χ1n) is 6.76. The summed E-state index contributed by atoms with van der Waals surface area (Å²) in [6, 6.07) is 2.60. The summed E-state index contributed by atoms with van der Waals surface area (Å²) >= 11 is 0. The van der Waals surface area contributed by atoms with Crippen LogP contribution >= 0.6 is 0 Å². The van der Waals surface area contributed by atoms with E-state index in [2.05, 4.69) is 28.3 Å². The summed E-state index contributed by atoms with van der Waals surface area (Å²) in [5.74, 6) is 0. The first-order valence-corrected chi connectivity index (χ1v) is 6.76. The van der Waals surface area contributed by atoms with Crippen LogP contribution in [0.4, 0.5) is 0 Å². The molecule has 1 saturated heterocycles. The molecule has 1 atom stereocenters. The van der Waals surface area contributed by atoms with Crippen molar-refractivity contribution in [2.75, 3.05) is 39.4 Å². The molecule has 1 aromatic heterocycles. The first kappa shape index (κ1) is 13.5. The van der Waals surface area contributed by atoms with Crippen molar-refractivity contribution >= 4 is 0 Å². The first-order chi connectivity index (χ1) is 8.75. The summed E-state index contributed by atoms with van der Waals surface area (Å²) in [5.41, 5.74) is 1.28. The van der Waals surface area contributed by atoms with Gasteiger partial charge in [-0.25, -0.2) is 0 Å². The molecule has 0 radical (unpaired) electrons. The van der Waals surface area contributed by atoms with Gasteiger partial charge in [-0.05, 0) is 13.0 Å². The Morgan fingerprint density at radius 1 is 1.44 bits per heavy atom. The predicted molar refractivity (Wildman–Crippen MR) is 71.6 cm³/mol. The Kier molecular flexibility index (Phi) is 5.16. The van der Waals surface area contributed by atoms with Gasteiger partial charge in [-0.1, -0.05) is 0 Å². The molecule has 1 N–H and O–H groups in total. The maximum Gasteiger partial charge on any atom is 0.0594 e. The van der Waals surface area contributed by atoms with Crippen molar-refractivity contribution in [2.24, 2.45) is 7.05 Å². The molecule has 5 nitrogen and oxygen atoms in total. The lowest BCUT2D eigenvalue weighted by molar-refractivity contribution is 0.0344. The molecule has 1 aromatic rings. The molecular formula is C13H24N4O. The van der Waals surface area contributed by atoms with Crippen LogP contribution in [0.1, 0.15) is 12.6 Å². The fourth-order valence-corrected chi connectivity index (χ4v) is 2.33. The van der Waals surface area contributed by atoms with E-state index in [4.69, 9.17) is 4.74 Å². The second-order valence-electron chi connectivity index (χ2n) is 4.96. The molecule has 0 bridgehead atoms. The molecule has 1 unspecified atom stereocenters. The maximum atomic E-state index is 5.35. The number of aryl methyl sites for hydroxylation is 1. The lowest BCUT2D eigenvalue weighted by Gasteiger charge is -2.29. The predicted octanol–water partition coefficient (Wildman–Crippen LogP) is 0.273. The van der Waals surface area contributed by atoms with Crippen LogP contribution in [0.3, 0.4) is 0 Å². The second-order valence-corrected chi connectivity index (χ2v) is 4.96. The quantitative estimate of drug-likeness (QED) is 0.789. The van der Waals surface area contributed by atoms with Crippen LogP contribution in [0.2, 0.25) is 0 Å². The van der Waals surface area contributed by atoms with Gasteiger partial charge < -0.3 is 10.1 Å². The van der Waals surface area contributed by atoms with Gasteiger partial charge in [0, 0.05) is 57.6 Å². The normalized spacial score (nSPS) is 19.0. The zero-order chi connectivity index (χ0) is 12.8. The van der Waals surface area contributed by atoms with Gasteiger partial charge in [-0.3, -0.25) is 9.58 Å². The van der Waals surface area contributed by atoms with Crippen LogP contribution in [-0.2, 0) is 18.2 Å². The Morgan fingerprint density at radius 2 is 2.22 bits per heavy atom. The van der Waals surface area contributed by atoms with Crippen molar-refractivity contribution in [1.82, 2.24) is 20.0 Å². The third-order valence-corrected chi connectivity index (χ3v) is 3.43. The van der Waals surface area contributed by atoms with Crippen molar-refractivity contribution in [2.45, 2.75) is 19.4 Å². The topological polar surface area (TPSA) is 42.3 Å². The highest BCUT2D eigenvalue weighted by Crippen LogP contribution is 1.99. The van der Waals surface area contributed by atoms with Crippen LogP contribution in [0, 0.1) is 0 Å². The van der Waals surface area contributed by atoms with Crippen LogP contribution in [-0.4, -0.2) is 60.1 Å². The summed E-state index contributed by atoms with van der Waals surface area (Å²) in [6.45, 7) is 8.24. The molecule has 2 rings (SSSR count). The molecule has 5 heteroatoms. The van der Waals surface area contributed by atoms with Crippen molar-refractivity contribution in [3.63, 3.8) is 0 Å². The highest BCUT2D eigenvalue weighted by molar-refractivity contribution is 5.00. The zero-order valence-electron chi connectivity index (χ0n) is 11.4. The third-order valence-electron chi connectivity index (χ3n) is 3.43. The van der Waals surface area contributed by atoms with Crippen LogP contribution < -0.4 is 5.32 Å². The SMILES string of the molecule is CC(CN1CCOCC1)NCCc1ccnn1C. The lowest BCUT2D eigenvalue weighted by Crippen LogP contribution is -2.44. The Hall–Kier alpha value is -0.910. The largest absolute Gasteiger partial charge is 0.379 e. The number of nitrogens with one attached hydrogen (secondary N) is 1. The van der Waals surface area contributed by atoms with Gasteiger partial charge in [0.1, 0.15) is 0 Å². The molecule has 1 fully saturated rings. The highest BCUT2D eigenvalue weighted by atomic mass is 16.5. The lowest BCUT2D eigenvalue weighted by atomic mass is 10.2. The van der Waals surface area contributed by atoms with Crippen molar-refractivity contribution in [3.05, 3.63) is 18.0 Å². The van der Waals surface area contributed by atoms with Gasteiger partial charge in [0.05, 0.1) is 13.2 Å². The zero-order valence-corrected chi connectivity index (χ0v) is 11.4. The van der Waals surface area contributed by atoms with Crippen molar-refractivity contribution < 1.29 is 4.74 Å². The molecule has 102 valence electrons. The summed E-state index contributed by atoms with van der Waals surface area (Å²) in [4.78, 5) is 2.46. The van der Waals surface area contributed by atoms with E-state index in [9.17, 15) is 0 Å². The molecule has 0 aliphatic carbocycles. The van der Waals surface area contributed by atoms with E-state index in [0.29, 0.717) is 6.04 Å². The van der Waals surface area contributed by atoms with Crippen LogP contribution in [0.15, 0.2) is 12.3 Å². The molecule has 1 aliphatic rings. The standard InChI is InChI=1S/C13H24N4O/c1-12(11-17-7-9-18-10-8-17)14-5-3-13-4-6-15-16(13)2/h4,6,12,14H,3,5,7-11H2,1-2H3. The number of nitrogens with zero attached hydrogens (tertiary/aromatic N) is 3. The Labute approximate surface area is 109 Å². The van der Waals surface area contributed by atoms with Gasteiger partial charge in [0.2, 0.25) is 0 Å². The van der Waals surface area contributed by atoms with E-state index in [-0.39, 0.29) is 0 Å².